The lowest BCUT2D eigenvalue weighted by Gasteiger charge is -2.05. The summed E-state index contributed by atoms with van der Waals surface area (Å²) in [5, 5.41) is 27.7. The second-order valence-electron chi connectivity index (χ2n) is 6.72. The zero-order chi connectivity index (χ0) is 20.1. The van der Waals surface area contributed by atoms with Crippen molar-refractivity contribution in [2.45, 2.75) is 20.4 Å². The van der Waals surface area contributed by atoms with Crippen LogP contribution in [0.5, 0.6) is 0 Å². The number of H-pyrrole nitrogens is 1. The molecule has 4 aromatic heterocycles. The Hall–Kier alpha value is -4.15. The number of fused-ring (bicyclic) bond motifs is 3. The Morgan fingerprint density at radius 1 is 1.24 bits per heavy atom. The van der Waals surface area contributed by atoms with Crippen molar-refractivity contribution < 1.29 is 4.92 Å². The summed E-state index contributed by atoms with van der Waals surface area (Å²) >= 11 is 0. The van der Waals surface area contributed by atoms with Crippen LogP contribution in [0.2, 0.25) is 0 Å². The number of aryl methyl sites for hydroxylation is 1. The van der Waals surface area contributed by atoms with E-state index in [0.29, 0.717) is 35.1 Å². The summed E-state index contributed by atoms with van der Waals surface area (Å²) in [5.74, 6) is 0.557. The maximum Gasteiger partial charge on any atom is 0.312 e. The van der Waals surface area contributed by atoms with Gasteiger partial charge in [0.1, 0.15) is 17.7 Å². The predicted octanol–water partition coefficient (Wildman–Crippen LogP) is 2.44. The summed E-state index contributed by atoms with van der Waals surface area (Å²) in [7, 11) is 0. The number of aromatic amines is 1. The first kappa shape index (κ1) is 17.0. The molecule has 0 atom stereocenters. The van der Waals surface area contributed by atoms with Crippen LogP contribution in [-0.4, -0.2) is 44.5 Å². The van der Waals surface area contributed by atoms with Gasteiger partial charge in [-0.25, -0.2) is 14.5 Å². The van der Waals surface area contributed by atoms with E-state index in [1.165, 1.54) is 0 Å². The second kappa shape index (κ2) is 6.19. The van der Waals surface area contributed by atoms with Gasteiger partial charge in [-0.3, -0.25) is 19.9 Å². The van der Waals surface area contributed by atoms with E-state index in [0.717, 1.165) is 16.5 Å². The summed E-state index contributed by atoms with van der Waals surface area (Å²) < 4.78 is 3.26. The van der Waals surface area contributed by atoms with Gasteiger partial charge in [-0.2, -0.15) is 10.2 Å². The van der Waals surface area contributed by atoms with Crippen molar-refractivity contribution >= 4 is 22.4 Å². The Kier molecular flexibility index (Phi) is 3.63. The molecule has 0 spiro atoms. The SMILES string of the molecule is Cc1nn(Cc2cccc(-c3nc4c5cn[nH]c5ncn4n3)c2)c(C)c1[N+](=O)[O-]. The van der Waals surface area contributed by atoms with Crippen molar-refractivity contribution in [3.8, 4) is 11.4 Å². The van der Waals surface area contributed by atoms with Gasteiger partial charge in [0, 0.05) is 5.56 Å². The normalized spacial score (nSPS) is 11.5. The van der Waals surface area contributed by atoms with Crippen molar-refractivity contribution in [2.75, 3.05) is 0 Å². The summed E-state index contributed by atoms with van der Waals surface area (Å²) in [4.78, 5) is 19.7. The molecule has 5 rings (SSSR count). The zero-order valence-electron chi connectivity index (χ0n) is 15.6. The maximum absolute atomic E-state index is 11.2. The zero-order valence-corrected chi connectivity index (χ0v) is 15.6. The Morgan fingerprint density at radius 3 is 2.90 bits per heavy atom. The molecule has 0 fully saturated rings. The van der Waals surface area contributed by atoms with Gasteiger partial charge in [0.05, 0.1) is 23.1 Å². The molecule has 144 valence electrons. The Labute approximate surface area is 163 Å². The summed E-state index contributed by atoms with van der Waals surface area (Å²) in [5.41, 5.74) is 4.07. The highest BCUT2D eigenvalue weighted by Crippen LogP contribution is 2.24. The van der Waals surface area contributed by atoms with Gasteiger partial charge >= 0.3 is 5.69 Å². The number of nitrogens with zero attached hydrogens (tertiary/aromatic N) is 8. The number of aromatic nitrogens is 8. The van der Waals surface area contributed by atoms with E-state index < -0.39 is 4.92 Å². The highest BCUT2D eigenvalue weighted by atomic mass is 16.6. The average Bonchev–Trinajstić information content (AvgIpc) is 3.39. The molecule has 1 N–H and O–H groups in total. The lowest BCUT2D eigenvalue weighted by atomic mass is 10.1. The number of rotatable bonds is 4. The molecule has 0 radical (unpaired) electrons. The summed E-state index contributed by atoms with van der Waals surface area (Å²) in [6.45, 7) is 3.76. The van der Waals surface area contributed by atoms with Crippen LogP contribution in [0.3, 0.4) is 0 Å². The lowest BCUT2D eigenvalue weighted by molar-refractivity contribution is -0.386. The fourth-order valence-electron chi connectivity index (χ4n) is 3.45. The Balaban J connectivity index is 1.53. The topological polar surface area (TPSA) is 133 Å². The summed E-state index contributed by atoms with van der Waals surface area (Å²) in [6.07, 6.45) is 3.26. The molecule has 1 aromatic carbocycles. The Bertz CT molecular complexity index is 1400. The fourth-order valence-corrected chi connectivity index (χ4v) is 3.45. The largest absolute Gasteiger partial charge is 0.312 e. The van der Waals surface area contributed by atoms with Crippen LogP contribution in [0.25, 0.3) is 28.1 Å². The number of nitrogens with one attached hydrogen (secondary N) is 1. The van der Waals surface area contributed by atoms with Crippen LogP contribution < -0.4 is 0 Å². The van der Waals surface area contributed by atoms with E-state index in [9.17, 15) is 10.1 Å². The van der Waals surface area contributed by atoms with Crippen LogP contribution in [0.4, 0.5) is 5.69 Å². The van der Waals surface area contributed by atoms with Crippen LogP contribution in [0.1, 0.15) is 17.0 Å². The van der Waals surface area contributed by atoms with Crippen molar-refractivity contribution in [2.24, 2.45) is 0 Å². The Morgan fingerprint density at radius 2 is 2.10 bits per heavy atom. The number of nitro groups is 1. The molecule has 11 nitrogen and oxygen atoms in total. The smallest absolute Gasteiger partial charge is 0.261 e. The van der Waals surface area contributed by atoms with Crippen LogP contribution in [0, 0.1) is 24.0 Å². The van der Waals surface area contributed by atoms with Gasteiger partial charge in [-0.1, -0.05) is 18.2 Å². The second-order valence-corrected chi connectivity index (χ2v) is 6.72. The quantitative estimate of drug-likeness (QED) is 0.369. The van der Waals surface area contributed by atoms with Crippen molar-refractivity contribution in [3.05, 3.63) is 63.9 Å². The van der Waals surface area contributed by atoms with E-state index in [2.05, 4.69) is 30.4 Å². The molecule has 5 aromatic rings. The highest BCUT2D eigenvalue weighted by Gasteiger charge is 2.21. The van der Waals surface area contributed by atoms with E-state index in [1.54, 1.807) is 35.6 Å². The number of benzene rings is 1. The minimum Gasteiger partial charge on any atom is -0.261 e. The molecule has 0 saturated carbocycles. The van der Waals surface area contributed by atoms with Crippen molar-refractivity contribution in [3.63, 3.8) is 0 Å². The lowest BCUT2D eigenvalue weighted by Crippen LogP contribution is -2.04. The third-order valence-corrected chi connectivity index (χ3v) is 4.83. The molecule has 0 bridgehead atoms. The molecule has 0 amide bonds. The third-order valence-electron chi connectivity index (χ3n) is 4.83. The molecule has 0 aliphatic heterocycles. The molecular weight excluding hydrogens is 374 g/mol. The molecule has 0 aliphatic carbocycles. The van der Waals surface area contributed by atoms with Crippen LogP contribution >= 0.6 is 0 Å². The van der Waals surface area contributed by atoms with Gasteiger partial charge in [0.15, 0.2) is 17.1 Å². The minimum atomic E-state index is -0.393. The standard InChI is InChI=1S/C18H15N9O2/c1-10-15(27(28)29)11(2)25(23-10)8-12-4-3-5-13(6-12)16-21-18-14-7-20-22-17(14)19-9-26(18)24-16/h3-7,9H,8H2,1-2H3,(H,20,22). The maximum atomic E-state index is 11.2. The highest BCUT2D eigenvalue weighted by molar-refractivity contribution is 5.88. The number of hydrogen-bond acceptors (Lipinski definition) is 7. The van der Waals surface area contributed by atoms with Crippen LogP contribution in [-0.2, 0) is 6.54 Å². The van der Waals surface area contributed by atoms with Crippen molar-refractivity contribution in [1.82, 2.24) is 39.6 Å². The first-order chi connectivity index (χ1) is 14.0. The van der Waals surface area contributed by atoms with E-state index in [1.807, 2.05) is 24.3 Å². The monoisotopic (exact) mass is 389 g/mol. The fraction of sp³-hybridized carbons (Fsp3) is 0.167. The molecule has 0 unspecified atom stereocenters. The number of hydrogen-bond donors (Lipinski definition) is 1. The van der Waals surface area contributed by atoms with E-state index >= 15 is 0 Å². The van der Waals surface area contributed by atoms with Crippen molar-refractivity contribution in [1.29, 1.82) is 0 Å². The molecule has 29 heavy (non-hydrogen) atoms. The predicted molar refractivity (Wildman–Crippen MR) is 103 cm³/mol. The first-order valence-corrected chi connectivity index (χ1v) is 8.83. The third kappa shape index (κ3) is 2.71. The van der Waals surface area contributed by atoms with Crippen LogP contribution in [0.15, 0.2) is 36.8 Å². The van der Waals surface area contributed by atoms with E-state index in [-0.39, 0.29) is 5.69 Å². The van der Waals surface area contributed by atoms with Gasteiger partial charge in [-0.05, 0) is 25.5 Å². The van der Waals surface area contributed by atoms with Gasteiger partial charge in [0.2, 0.25) is 0 Å². The molecule has 11 heteroatoms. The molecule has 0 saturated heterocycles. The molecular formula is C18H15N9O2. The van der Waals surface area contributed by atoms with Gasteiger partial charge < -0.3 is 0 Å². The van der Waals surface area contributed by atoms with Gasteiger partial charge in [-0.15, -0.1) is 5.10 Å². The average molecular weight is 389 g/mol. The van der Waals surface area contributed by atoms with E-state index in [4.69, 9.17) is 0 Å². The molecule has 0 aliphatic rings. The molecule has 4 heterocycles. The first-order valence-electron chi connectivity index (χ1n) is 8.83. The minimum absolute atomic E-state index is 0.0554. The van der Waals surface area contributed by atoms with Gasteiger partial charge in [0.25, 0.3) is 0 Å². The summed E-state index contributed by atoms with van der Waals surface area (Å²) in [6, 6.07) is 7.72.